The van der Waals surface area contributed by atoms with Crippen molar-refractivity contribution < 1.29 is 9.90 Å². The maximum atomic E-state index is 10.7. The van der Waals surface area contributed by atoms with Gasteiger partial charge in [0.05, 0.1) is 0 Å². The first-order valence-electron chi connectivity index (χ1n) is 3.82. The van der Waals surface area contributed by atoms with Crippen LogP contribution in [0.4, 0.5) is 0 Å². The molecular formula is C8H13NO2S. The fourth-order valence-electron chi connectivity index (χ4n) is 0.844. The van der Waals surface area contributed by atoms with Crippen LogP contribution in [-0.4, -0.2) is 22.9 Å². The smallest absolute Gasteiger partial charge is 0.329 e. The molecule has 0 heterocycles. The third kappa shape index (κ3) is 1.94. The predicted octanol–water partition coefficient (Wildman–Crippen LogP) is 1.42. The van der Waals surface area contributed by atoms with Crippen LogP contribution in [0.25, 0.3) is 0 Å². The Kier molecular flexibility index (Phi) is 2.67. The molecule has 0 unspecified atom stereocenters. The molecule has 4 heteroatoms. The van der Waals surface area contributed by atoms with E-state index >= 15 is 0 Å². The van der Waals surface area contributed by atoms with E-state index in [2.05, 4.69) is 5.32 Å². The molecule has 0 aromatic heterocycles. The van der Waals surface area contributed by atoms with Crippen molar-refractivity contribution in [1.82, 2.24) is 5.32 Å². The summed E-state index contributed by atoms with van der Waals surface area (Å²) in [6.07, 6.45) is 5.22. The minimum absolute atomic E-state index is 0.642. The summed E-state index contributed by atoms with van der Waals surface area (Å²) >= 11 is 1.61. The molecule has 68 valence electrons. The highest BCUT2D eigenvalue weighted by Gasteiger charge is 2.49. The van der Waals surface area contributed by atoms with E-state index in [-0.39, 0.29) is 0 Å². The lowest BCUT2D eigenvalue weighted by Crippen LogP contribution is -2.35. The number of aliphatic carboxylic acids is 1. The maximum absolute atomic E-state index is 10.7. The van der Waals surface area contributed by atoms with Crippen LogP contribution in [0, 0.1) is 0 Å². The number of hydrogen-bond donors (Lipinski definition) is 2. The van der Waals surface area contributed by atoms with Crippen LogP contribution in [0.2, 0.25) is 0 Å². The third-order valence-corrected chi connectivity index (χ3v) is 2.79. The molecule has 1 rings (SSSR count). The van der Waals surface area contributed by atoms with Gasteiger partial charge < -0.3 is 10.4 Å². The second kappa shape index (κ2) is 3.39. The van der Waals surface area contributed by atoms with Crippen LogP contribution in [0.15, 0.2) is 11.1 Å². The number of nitrogens with one attached hydrogen (secondary N) is 1. The molecule has 0 amide bonds. The Morgan fingerprint density at radius 2 is 2.25 bits per heavy atom. The van der Waals surface area contributed by atoms with Crippen molar-refractivity contribution in [2.75, 3.05) is 6.26 Å². The predicted molar refractivity (Wildman–Crippen MR) is 50.0 cm³/mol. The Hall–Kier alpha value is -0.640. The van der Waals surface area contributed by atoms with Crippen molar-refractivity contribution in [2.45, 2.75) is 25.3 Å². The van der Waals surface area contributed by atoms with Gasteiger partial charge in [-0.15, -0.1) is 11.8 Å². The zero-order chi connectivity index (χ0) is 9.19. The van der Waals surface area contributed by atoms with Gasteiger partial charge in [0.1, 0.15) is 5.54 Å². The summed E-state index contributed by atoms with van der Waals surface area (Å²) in [4.78, 5) is 11.8. The van der Waals surface area contributed by atoms with Crippen molar-refractivity contribution in [3.8, 4) is 0 Å². The number of carboxylic acid groups (broad SMARTS) is 1. The lowest BCUT2D eigenvalue weighted by Gasteiger charge is -2.09. The highest BCUT2D eigenvalue weighted by atomic mass is 32.2. The van der Waals surface area contributed by atoms with Gasteiger partial charge in [0.15, 0.2) is 0 Å². The lowest BCUT2D eigenvalue weighted by atomic mass is 10.3. The minimum Gasteiger partial charge on any atom is -0.480 e. The molecule has 0 aromatic rings. The highest BCUT2D eigenvalue weighted by Crippen LogP contribution is 2.35. The largest absolute Gasteiger partial charge is 0.480 e. The molecule has 2 N–H and O–H groups in total. The van der Waals surface area contributed by atoms with Crippen LogP contribution in [0.5, 0.6) is 0 Å². The molecule has 0 atom stereocenters. The summed E-state index contributed by atoms with van der Waals surface area (Å²) in [5.74, 6) is -0.743. The van der Waals surface area contributed by atoms with Gasteiger partial charge in [-0.05, 0) is 30.9 Å². The molecule has 0 bridgehead atoms. The average Bonchev–Trinajstić information content (AvgIpc) is 2.81. The Bertz CT molecular complexity index is 221. The van der Waals surface area contributed by atoms with Gasteiger partial charge >= 0.3 is 5.97 Å². The summed E-state index contributed by atoms with van der Waals surface area (Å²) in [5.41, 5.74) is -0.642. The first-order chi connectivity index (χ1) is 5.60. The van der Waals surface area contributed by atoms with Crippen molar-refractivity contribution in [3.05, 3.63) is 11.1 Å². The Morgan fingerprint density at radius 1 is 1.67 bits per heavy atom. The quantitative estimate of drug-likeness (QED) is 0.698. The van der Waals surface area contributed by atoms with Gasteiger partial charge in [-0.25, -0.2) is 4.79 Å². The summed E-state index contributed by atoms with van der Waals surface area (Å²) in [6.45, 7) is 1.95. The van der Waals surface area contributed by atoms with Crippen LogP contribution in [0.3, 0.4) is 0 Å². The van der Waals surface area contributed by atoms with E-state index in [9.17, 15) is 4.79 Å². The zero-order valence-electron chi connectivity index (χ0n) is 7.26. The average molecular weight is 187 g/mol. The van der Waals surface area contributed by atoms with Crippen LogP contribution < -0.4 is 5.32 Å². The lowest BCUT2D eigenvalue weighted by molar-refractivity contribution is -0.140. The standard InChI is InChI=1S/C8H13NO2S/c1-6(12-2)5-9-8(3-4-8)7(10)11/h5,9H,3-4H2,1-2H3,(H,10,11)/b6-5+. The Morgan fingerprint density at radius 3 is 2.58 bits per heavy atom. The van der Waals surface area contributed by atoms with Gasteiger partial charge in [-0.3, -0.25) is 0 Å². The van der Waals surface area contributed by atoms with E-state index in [1.54, 1.807) is 18.0 Å². The van der Waals surface area contributed by atoms with Gasteiger partial charge in [0.2, 0.25) is 0 Å². The van der Waals surface area contributed by atoms with Crippen LogP contribution >= 0.6 is 11.8 Å². The molecule has 0 saturated heterocycles. The van der Waals surface area contributed by atoms with Gasteiger partial charge in [-0.1, -0.05) is 0 Å². The molecule has 1 fully saturated rings. The number of hydrogen-bond acceptors (Lipinski definition) is 3. The molecule has 1 saturated carbocycles. The number of thioether (sulfide) groups is 1. The first kappa shape index (κ1) is 9.45. The number of carbonyl (C=O) groups is 1. The molecule has 1 aliphatic carbocycles. The molecule has 0 radical (unpaired) electrons. The monoisotopic (exact) mass is 187 g/mol. The van der Waals surface area contributed by atoms with E-state index in [0.717, 1.165) is 17.7 Å². The van der Waals surface area contributed by atoms with Gasteiger partial charge in [0.25, 0.3) is 0 Å². The van der Waals surface area contributed by atoms with Gasteiger partial charge in [-0.2, -0.15) is 0 Å². The topological polar surface area (TPSA) is 49.3 Å². The summed E-state index contributed by atoms with van der Waals surface area (Å²) < 4.78 is 0. The summed E-state index contributed by atoms with van der Waals surface area (Å²) in [7, 11) is 0. The normalized spacial score (nSPS) is 20.3. The minimum atomic E-state index is -0.743. The number of carboxylic acids is 1. The maximum Gasteiger partial charge on any atom is 0.329 e. The first-order valence-corrected chi connectivity index (χ1v) is 5.05. The summed E-state index contributed by atoms with van der Waals surface area (Å²) in [5, 5.41) is 11.7. The molecule has 12 heavy (non-hydrogen) atoms. The molecule has 1 aliphatic rings. The van der Waals surface area contributed by atoms with Crippen molar-refractivity contribution in [1.29, 1.82) is 0 Å². The fourth-order valence-corrected chi connectivity index (χ4v) is 1.02. The van der Waals surface area contributed by atoms with Crippen molar-refractivity contribution >= 4 is 17.7 Å². The molecule has 0 spiro atoms. The molecular weight excluding hydrogens is 174 g/mol. The molecule has 0 aliphatic heterocycles. The second-order valence-electron chi connectivity index (χ2n) is 2.99. The van der Waals surface area contributed by atoms with Gasteiger partial charge in [0, 0.05) is 6.20 Å². The van der Waals surface area contributed by atoms with E-state index in [0.29, 0.717) is 0 Å². The van der Waals surface area contributed by atoms with Crippen LogP contribution in [0.1, 0.15) is 19.8 Å². The number of allylic oxidation sites excluding steroid dienone is 1. The number of rotatable bonds is 4. The fraction of sp³-hybridized carbons (Fsp3) is 0.625. The van der Waals surface area contributed by atoms with E-state index in [1.165, 1.54) is 0 Å². The zero-order valence-corrected chi connectivity index (χ0v) is 8.07. The summed E-state index contributed by atoms with van der Waals surface area (Å²) in [6, 6.07) is 0. The highest BCUT2D eigenvalue weighted by molar-refractivity contribution is 8.02. The second-order valence-corrected chi connectivity index (χ2v) is 4.04. The van der Waals surface area contributed by atoms with E-state index in [1.807, 2.05) is 13.2 Å². The SMILES string of the molecule is CS/C(C)=C/NC1(C(=O)O)CC1. The molecule has 0 aromatic carbocycles. The van der Waals surface area contributed by atoms with Crippen molar-refractivity contribution in [2.24, 2.45) is 0 Å². The van der Waals surface area contributed by atoms with Crippen molar-refractivity contribution in [3.63, 3.8) is 0 Å². The Labute approximate surface area is 76.2 Å². The van der Waals surface area contributed by atoms with E-state index in [4.69, 9.17) is 5.11 Å². The Balaban J connectivity index is 2.47. The van der Waals surface area contributed by atoms with Crippen LogP contribution in [-0.2, 0) is 4.79 Å². The molecule has 3 nitrogen and oxygen atoms in total. The van der Waals surface area contributed by atoms with E-state index < -0.39 is 11.5 Å². The third-order valence-electron chi connectivity index (χ3n) is 2.03.